The second kappa shape index (κ2) is 9.50. The number of halogens is 1. The molecular formula is C28H24FN5O2. The van der Waals surface area contributed by atoms with Crippen molar-refractivity contribution in [2.45, 2.75) is 19.9 Å². The molecule has 1 aliphatic heterocycles. The smallest absolute Gasteiger partial charge is 0.261 e. The number of hydrogen-bond acceptors (Lipinski definition) is 4. The quantitative estimate of drug-likeness (QED) is 0.351. The van der Waals surface area contributed by atoms with E-state index in [1.165, 1.54) is 18.3 Å². The zero-order chi connectivity index (χ0) is 25.2. The van der Waals surface area contributed by atoms with Gasteiger partial charge in [0.05, 0.1) is 11.8 Å². The highest BCUT2D eigenvalue weighted by Gasteiger charge is 2.35. The first-order chi connectivity index (χ1) is 17.4. The molecule has 0 radical (unpaired) electrons. The van der Waals surface area contributed by atoms with Gasteiger partial charge in [-0.2, -0.15) is 5.10 Å². The molecule has 3 aromatic carbocycles. The van der Waals surface area contributed by atoms with Crippen molar-refractivity contribution in [3.8, 4) is 0 Å². The summed E-state index contributed by atoms with van der Waals surface area (Å²) in [6.07, 6.45) is 1.47. The van der Waals surface area contributed by atoms with Gasteiger partial charge in [0.1, 0.15) is 23.2 Å². The van der Waals surface area contributed by atoms with Gasteiger partial charge in [-0.15, -0.1) is 0 Å². The molecule has 0 fully saturated rings. The highest BCUT2D eigenvalue weighted by molar-refractivity contribution is 6.09. The number of carbonyl (C=O) groups excluding carboxylic acids is 2. The van der Waals surface area contributed by atoms with Gasteiger partial charge in [0.25, 0.3) is 11.8 Å². The molecule has 2 amide bonds. The van der Waals surface area contributed by atoms with Crippen LogP contribution in [0.3, 0.4) is 0 Å². The minimum Gasteiger partial charge on any atom is -0.343 e. The molecule has 4 aromatic rings. The monoisotopic (exact) mass is 481 g/mol. The second-order valence-corrected chi connectivity index (χ2v) is 8.61. The van der Waals surface area contributed by atoms with E-state index in [4.69, 9.17) is 0 Å². The van der Waals surface area contributed by atoms with Crippen LogP contribution < -0.4 is 16.0 Å². The predicted octanol–water partition coefficient (Wildman–Crippen LogP) is 5.51. The lowest BCUT2D eigenvalue weighted by Crippen LogP contribution is -2.32. The summed E-state index contributed by atoms with van der Waals surface area (Å²) in [5, 5.41) is 13.5. The first kappa shape index (κ1) is 23.0. The molecule has 2 heterocycles. The number of rotatable bonds is 5. The summed E-state index contributed by atoms with van der Waals surface area (Å²) >= 11 is 0. The molecule has 0 saturated carbocycles. The number of aromatic nitrogens is 2. The third-order valence-corrected chi connectivity index (χ3v) is 6.04. The van der Waals surface area contributed by atoms with E-state index >= 15 is 0 Å². The number of nitrogens with one attached hydrogen (secondary N) is 3. The van der Waals surface area contributed by atoms with Crippen LogP contribution in [0, 0.1) is 12.7 Å². The van der Waals surface area contributed by atoms with Crippen molar-refractivity contribution in [2.75, 3.05) is 16.0 Å². The van der Waals surface area contributed by atoms with Crippen molar-refractivity contribution < 1.29 is 14.0 Å². The van der Waals surface area contributed by atoms with E-state index in [0.29, 0.717) is 39.6 Å². The van der Waals surface area contributed by atoms with Gasteiger partial charge in [-0.05, 0) is 55.8 Å². The first-order valence-electron chi connectivity index (χ1n) is 11.5. The topological polar surface area (TPSA) is 88.0 Å². The van der Waals surface area contributed by atoms with Crippen molar-refractivity contribution in [3.63, 3.8) is 0 Å². The van der Waals surface area contributed by atoms with E-state index in [-0.39, 0.29) is 17.6 Å². The van der Waals surface area contributed by atoms with Crippen molar-refractivity contribution in [2.24, 2.45) is 0 Å². The molecule has 7 nitrogen and oxygen atoms in total. The van der Waals surface area contributed by atoms with Gasteiger partial charge in [-0.25, -0.2) is 9.07 Å². The number of aryl methyl sites for hydroxylation is 1. The summed E-state index contributed by atoms with van der Waals surface area (Å²) in [5.41, 5.74) is 4.34. The van der Waals surface area contributed by atoms with Gasteiger partial charge in [-0.3, -0.25) is 9.59 Å². The molecule has 8 heteroatoms. The zero-order valence-corrected chi connectivity index (χ0v) is 19.7. The Labute approximate surface area is 207 Å². The van der Waals surface area contributed by atoms with Crippen LogP contribution in [-0.4, -0.2) is 21.6 Å². The molecule has 0 bridgehead atoms. The third-order valence-electron chi connectivity index (χ3n) is 6.04. The lowest BCUT2D eigenvalue weighted by atomic mass is 9.94. The third kappa shape index (κ3) is 4.48. The Hall–Kier alpha value is -4.72. The highest BCUT2D eigenvalue weighted by atomic mass is 19.1. The molecule has 180 valence electrons. The van der Waals surface area contributed by atoms with E-state index in [1.807, 2.05) is 49.4 Å². The Morgan fingerprint density at radius 1 is 0.861 bits per heavy atom. The van der Waals surface area contributed by atoms with Crippen molar-refractivity contribution in [1.29, 1.82) is 0 Å². The van der Waals surface area contributed by atoms with Crippen LogP contribution in [0.15, 0.2) is 96.3 Å². The number of nitrogens with zero attached hydrogens (tertiary/aromatic N) is 2. The van der Waals surface area contributed by atoms with Gasteiger partial charge >= 0.3 is 0 Å². The standard InChI is InChI=1S/C28H24FN5O2/c1-17-8-14-22(15-9-17)32-27(35)23-16-30-34-25(19-10-12-20(29)13-11-19)24(18(2)31-26(23)34)28(36)33-21-6-4-3-5-7-21/h3-16,25,31H,1-2H3,(H,32,35)(H,33,36)/t25-/m1/s1. The lowest BCUT2D eigenvalue weighted by Gasteiger charge is -2.30. The maximum absolute atomic E-state index is 13.7. The summed E-state index contributed by atoms with van der Waals surface area (Å²) in [6, 6.07) is 21.8. The van der Waals surface area contributed by atoms with E-state index in [9.17, 15) is 14.0 Å². The van der Waals surface area contributed by atoms with E-state index in [0.717, 1.165) is 5.56 Å². The van der Waals surface area contributed by atoms with Crippen LogP contribution in [0.5, 0.6) is 0 Å². The molecule has 36 heavy (non-hydrogen) atoms. The van der Waals surface area contributed by atoms with Crippen LogP contribution in [-0.2, 0) is 4.79 Å². The number of amides is 2. The van der Waals surface area contributed by atoms with Gasteiger partial charge in [0.15, 0.2) is 0 Å². The highest BCUT2D eigenvalue weighted by Crippen LogP contribution is 2.38. The Morgan fingerprint density at radius 2 is 1.50 bits per heavy atom. The first-order valence-corrected chi connectivity index (χ1v) is 11.5. The number of carbonyl (C=O) groups is 2. The number of para-hydroxylation sites is 1. The minimum atomic E-state index is -0.675. The van der Waals surface area contributed by atoms with Crippen LogP contribution in [0.4, 0.5) is 21.6 Å². The molecule has 0 aliphatic carbocycles. The van der Waals surface area contributed by atoms with Gasteiger partial charge in [0, 0.05) is 17.1 Å². The van der Waals surface area contributed by atoms with Crippen LogP contribution in [0.2, 0.25) is 0 Å². The fourth-order valence-electron chi connectivity index (χ4n) is 4.22. The molecule has 1 aliphatic rings. The van der Waals surface area contributed by atoms with Crippen LogP contribution in [0.25, 0.3) is 0 Å². The molecule has 0 unspecified atom stereocenters. The fraction of sp³-hybridized carbons (Fsp3) is 0.107. The number of hydrogen-bond donors (Lipinski definition) is 3. The van der Waals surface area contributed by atoms with Gasteiger partial charge in [-0.1, -0.05) is 48.0 Å². The molecule has 0 spiro atoms. The van der Waals surface area contributed by atoms with Crippen LogP contribution >= 0.6 is 0 Å². The normalized spacial score (nSPS) is 14.6. The number of fused-ring (bicyclic) bond motifs is 1. The summed E-state index contributed by atoms with van der Waals surface area (Å²) in [5.74, 6) is -0.604. The van der Waals surface area contributed by atoms with E-state index in [1.54, 1.807) is 35.9 Å². The molecular weight excluding hydrogens is 457 g/mol. The minimum absolute atomic E-state index is 0.324. The summed E-state index contributed by atoms with van der Waals surface area (Å²) in [4.78, 5) is 26.6. The van der Waals surface area contributed by atoms with E-state index in [2.05, 4.69) is 21.0 Å². The largest absolute Gasteiger partial charge is 0.343 e. The molecule has 0 saturated heterocycles. The fourth-order valence-corrected chi connectivity index (χ4v) is 4.22. The zero-order valence-electron chi connectivity index (χ0n) is 19.7. The maximum Gasteiger partial charge on any atom is 0.261 e. The maximum atomic E-state index is 13.7. The number of benzene rings is 3. The van der Waals surface area contributed by atoms with Crippen LogP contribution in [0.1, 0.15) is 34.5 Å². The van der Waals surface area contributed by atoms with E-state index < -0.39 is 6.04 Å². The Balaban J connectivity index is 1.53. The Morgan fingerprint density at radius 3 is 2.19 bits per heavy atom. The average Bonchev–Trinajstić information content (AvgIpc) is 3.29. The van der Waals surface area contributed by atoms with Gasteiger partial charge < -0.3 is 16.0 Å². The number of anilines is 3. The Kier molecular flexibility index (Phi) is 6.08. The summed E-state index contributed by atoms with van der Waals surface area (Å²) in [7, 11) is 0. The van der Waals surface area contributed by atoms with Crippen molar-refractivity contribution in [1.82, 2.24) is 9.78 Å². The summed E-state index contributed by atoms with van der Waals surface area (Å²) < 4.78 is 15.3. The number of allylic oxidation sites excluding steroid dienone is 1. The van der Waals surface area contributed by atoms with Crippen molar-refractivity contribution in [3.05, 3.63) is 119 Å². The molecule has 5 rings (SSSR count). The SMILES string of the molecule is CC1=C(C(=O)Nc2ccccc2)[C@@H](c2ccc(F)cc2)n2ncc(C(=O)Nc3ccc(C)cc3)c2N1. The molecule has 1 atom stereocenters. The summed E-state index contributed by atoms with van der Waals surface area (Å²) in [6.45, 7) is 3.74. The van der Waals surface area contributed by atoms with Crippen molar-refractivity contribution >= 4 is 29.0 Å². The molecule has 1 aromatic heterocycles. The molecule has 3 N–H and O–H groups in total. The second-order valence-electron chi connectivity index (χ2n) is 8.61. The van der Waals surface area contributed by atoms with Gasteiger partial charge in [0.2, 0.25) is 0 Å². The Bertz CT molecular complexity index is 1460. The predicted molar refractivity (Wildman–Crippen MR) is 137 cm³/mol. The average molecular weight is 482 g/mol. The lowest BCUT2D eigenvalue weighted by molar-refractivity contribution is -0.113.